The third-order valence-corrected chi connectivity index (χ3v) is 16.3. The van der Waals surface area contributed by atoms with Crippen LogP contribution in [0.5, 0.6) is 11.5 Å². The highest BCUT2D eigenvalue weighted by Crippen LogP contribution is 2.32. The maximum absolute atomic E-state index is 13.4. The number of carbonyl (C=O) groups is 6. The Morgan fingerprint density at radius 2 is 0.569 bits per heavy atom. The van der Waals surface area contributed by atoms with Gasteiger partial charge in [0.15, 0.2) is 11.6 Å². The molecule has 8 rings (SSSR count). The van der Waals surface area contributed by atoms with Gasteiger partial charge in [-0.2, -0.15) is 0 Å². The molecule has 0 saturated heterocycles. The van der Waals surface area contributed by atoms with Crippen LogP contribution in [0.2, 0.25) is 0 Å². The molecule has 0 aliphatic carbocycles. The Morgan fingerprint density at radius 1 is 0.314 bits per heavy atom. The molecule has 0 N–H and O–H groups in total. The average Bonchev–Trinajstić information content (AvgIpc) is 0.822. The van der Waals surface area contributed by atoms with Gasteiger partial charge in [0.1, 0.15) is 24.7 Å². The lowest BCUT2D eigenvalue weighted by Crippen LogP contribution is -2.16. The smallest absolute Gasteiger partial charge is 0.333 e. The number of hydrogen-bond donors (Lipinski definition) is 0. The third kappa shape index (κ3) is 23.8. The van der Waals surface area contributed by atoms with Crippen LogP contribution < -0.4 is 9.47 Å². The summed E-state index contributed by atoms with van der Waals surface area (Å²) in [4.78, 5) is 73.2. The summed E-state index contributed by atoms with van der Waals surface area (Å²) >= 11 is 0. The molecule has 532 valence electrons. The van der Waals surface area contributed by atoms with Crippen LogP contribution in [0, 0.1) is 25.7 Å². The normalized spacial score (nSPS) is 11.4. The van der Waals surface area contributed by atoms with Gasteiger partial charge in [-0.15, -0.1) is 0 Å². The van der Waals surface area contributed by atoms with Crippen molar-refractivity contribution in [2.24, 2.45) is 11.8 Å². The molecule has 0 spiro atoms. The van der Waals surface area contributed by atoms with E-state index in [1.165, 1.54) is 0 Å². The molecule has 0 aliphatic heterocycles. The van der Waals surface area contributed by atoms with E-state index in [2.05, 4.69) is 50.6 Å². The van der Waals surface area contributed by atoms with Crippen LogP contribution in [0.4, 0.5) is 0 Å². The standard InChI is InChI=1S/C45H50O8.C41H42O8/c1-29(2)44(47)52-25-31(5)23-50-27-40-21-38(10-9-33(40)7)34-11-15-36(16-12-34)43(46)37-17-13-35(14-18-37)39-19-20-42(49-8)41(22-39)28-51-24-32(6)26-53-45(48)30(3)4;1-27(2)40(43)48-21-19-46-25-36-23-34(8-7-29(36)5)30-9-13-32(14-10-30)39(42)33-15-11-31(12-16-33)35-17-18-38(45-6)37(24-35)26-47-20-22-49-41(44)28(3)4/h9-22,31-32H,1,3,23-28H2,2,4-8H3;7-18,23-24H,1,3,19-22,25-26H2,2,4-6H3. The number of ether oxygens (including phenoxy) is 10. The molecular formula is C86H92O16. The van der Waals surface area contributed by atoms with Gasteiger partial charge in [-0.3, -0.25) is 9.59 Å². The highest BCUT2D eigenvalue weighted by Gasteiger charge is 2.18. The van der Waals surface area contributed by atoms with Crippen LogP contribution in [0.25, 0.3) is 44.5 Å². The lowest BCUT2D eigenvalue weighted by atomic mass is 9.96. The van der Waals surface area contributed by atoms with E-state index in [1.54, 1.807) is 41.9 Å². The van der Waals surface area contributed by atoms with Crippen molar-refractivity contribution in [3.8, 4) is 56.0 Å². The van der Waals surface area contributed by atoms with Gasteiger partial charge in [0.2, 0.25) is 0 Å². The maximum Gasteiger partial charge on any atom is 0.333 e. The zero-order valence-electron chi connectivity index (χ0n) is 60.2. The molecule has 0 aliphatic rings. The van der Waals surface area contributed by atoms with Gasteiger partial charge >= 0.3 is 23.9 Å². The quantitative estimate of drug-likeness (QED) is 0.0118. The summed E-state index contributed by atoms with van der Waals surface area (Å²) < 4.78 is 55.0. The molecule has 8 aromatic carbocycles. The molecule has 0 bridgehead atoms. The van der Waals surface area contributed by atoms with Crippen LogP contribution in [0.3, 0.4) is 0 Å². The fourth-order valence-electron chi connectivity index (χ4n) is 10.3. The Morgan fingerprint density at radius 3 is 0.873 bits per heavy atom. The molecule has 2 atom stereocenters. The fraction of sp³-hybridized carbons (Fsp3) is 0.279. The average molecular weight is 1380 g/mol. The SMILES string of the molecule is C=C(C)C(=O)OCC(C)COCc1cc(-c2ccc(C(=O)c3ccc(-c4ccc(OC)c(COCC(C)COC(=O)C(=C)C)c4)cc3)cc2)ccc1C.C=C(C)C(=O)OCCOCc1cc(-c2ccc(C(=O)c3ccc(-c4ccc(OC)c(COCCOC(=O)C(=C)C)c4)cc3)cc2)ccc1C. The zero-order chi connectivity index (χ0) is 73.8. The monoisotopic (exact) mass is 1380 g/mol. The van der Waals surface area contributed by atoms with E-state index < -0.39 is 23.9 Å². The minimum absolute atomic E-state index is 0.0169. The summed E-state index contributed by atoms with van der Waals surface area (Å²) in [6, 6.07) is 54.4. The van der Waals surface area contributed by atoms with Crippen LogP contribution in [0.1, 0.15) is 107 Å². The van der Waals surface area contributed by atoms with Crippen molar-refractivity contribution in [2.75, 3.05) is 67.1 Å². The molecule has 16 nitrogen and oxygen atoms in total. The van der Waals surface area contributed by atoms with Crippen LogP contribution in [-0.2, 0) is 83.5 Å². The van der Waals surface area contributed by atoms with Gasteiger partial charge in [-0.1, -0.05) is 174 Å². The summed E-state index contributed by atoms with van der Waals surface area (Å²) in [5, 5.41) is 0. The molecule has 8 aromatic rings. The molecule has 2 unspecified atom stereocenters. The van der Waals surface area contributed by atoms with E-state index in [9.17, 15) is 28.8 Å². The third-order valence-electron chi connectivity index (χ3n) is 16.3. The second kappa shape index (κ2) is 39.4. The highest BCUT2D eigenvalue weighted by atomic mass is 16.6. The number of hydrogen-bond acceptors (Lipinski definition) is 16. The lowest BCUT2D eigenvalue weighted by Gasteiger charge is -2.15. The first-order valence-corrected chi connectivity index (χ1v) is 33.6. The van der Waals surface area contributed by atoms with Crippen molar-refractivity contribution in [1.29, 1.82) is 0 Å². The number of methoxy groups -OCH3 is 2. The van der Waals surface area contributed by atoms with E-state index in [1.807, 2.05) is 173 Å². The van der Waals surface area contributed by atoms with Crippen molar-refractivity contribution in [3.63, 3.8) is 0 Å². The Kier molecular flexibility index (Phi) is 30.4. The molecule has 16 heteroatoms. The van der Waals surface area contributed by atoms with Gasteiger partial charge in [-0.25, -0.2) is 19.2 Å². The van der Waals surface area contributed by atoms with Crippen molar-refractivity contribution in [2.45, 2.75) is 81.8 Å². The van der Waals surface area contributed by atoms with E-state index in [4.69, 9.17) is 47.4 Å². The first kappa shape index (κ1) is 78.7. The van der Waals surface area contributed by atoms with E-state index in [0.29, 0.717) is 89.1 Å². The molecule has 0 radical (unpaired) electrons. The van der Waals surface area contributed by atoms with Crippen molar-refractivity contribution in [3.05, 3.63) is 274 Å². The molecule has 0 fully saturated rings. The summed E-state index contributed by atoms with van der Waals surface area (Å²) in [6.45, 7) is 32.4. The predicted octanol–water partition coefficient (Wildman–Crippen LogP) is 17.0. The lowest BCUT2D eigenvalue weighted by molar-refractivity contribution is -0.141. The number of aryl methyl sites for hydroxylation is 2. The first-order valence-electron chi connectivity index (χ1n) is 33.6. The Balaban J connectivity index is 0.000000287. The topological polar surface area (TPSA) is 195 Å². The molecule has 0 saturated carbocycles. The van der Waals surface area contributed by atoms with Crippen LogP contribution >= 0.6 is 0 Å². The minimum atomic E-state index is -0.444. The van der Waals surface area contributed by atoms with Crippen molar-refractivity contribution >= 4 is 35.4 Å². The Labute approximate surface area is 599 Å². The van der Waals surface area contributed by atoms with Crippen molar-refractivity contribution < 1.29 is 76.1 Å². The Hall–Kier alpha value is -10.6. The van der Waals surface area contributed by atoms with Gasteiger partial charge in [0.25, 0.3) is 0 Å². The molecule has 0 heterocycles. The number of benzene rings is 8. The maximum atomic E-state index is 13.4. The molecule has 102 heavy (non-hydrogen) atoms. The second-order valence-electron chi connectivity index (χ2n) is 25.2. The number of esters is 4. The fourth-order valence-corrected chi connectivity index (χ4v) is 10.3. The molecule has 0 aromatic heterocycles. The van der Waals surface area contributed by atoms with Crippen LogP contribution in [0.15, 0.2) is 218 Å². The van der Waals surface area contributed by atoms with E-state index >= 15 is 0 Å². The summed E-state index contributed by atoms with van der Waals surface area (Å²) in [7, 11) is 3.22. The summed E-state index contributed by atoms with van der Waals surface area (Å²) in [6.07, 6.45) is 0. The summed E-state index contributed by atoms with van der Waals surface area (Å²) in [5.74, 6) is -0.324. The number of rotatable bonds is 36. The van der Waals surface area contributed by atoms with Crippen molar-refractivity contribution in [1.82, 2.24) is 0 Å². The van der Waals surface area contributed by atoms with Gasteiger partial charge < -0.3 is 47.4 Å². The van der Waals surface area contributed by atoms with E-state index in [-0.39, 0.29) is 69.7 Å². The van der Waals surface area contributed by atoms with Gasteiger partial charge in [0.05, 0.1) is 80.3 Å². The predicted molar refractivity (Wildman–Crippen MR) is 397 cm³/mol. The largest absolute Gasteiger partial charge is 0.496 e. The second-order valence-corrected chi connectivity index (χ2v) is 25.2. The van der Waals surface area contributed by atoms with Gasteiger partial charge in [0, 0.05) is 67.5 Å². The highest BCUT2D eigenvalue weighted by molar-refractivity contribution is 6.10. The first-order chi connectivity index (χ1) is 48.9. The Bertz CT molecular complexity index is 4260. The zero-order valence-corrected chi connectivity index (χ0v) is 60.2. The molecular weight excluding hydrogens is 1290 g/mol. The van der Waals surface area contributed by atoms with Gasteiger partial charge in [-0.05, 0) is 145 Å². The summed E-state index contributed by atoms with van der Waals surface area (Å²) in [5.41, 5.74) is 17.7. The number of carbonyl (C=O) groups excluding carboxylic acids is 6. The molecule has 0 amide bonds. The van der Waals surface area contributed by atoms with Crippen LogP contribution in [-0.4, -0.2) is 103 Å². The minimum Gasteiger partial charge on any atom is -0.496 e. The van der Waals surface area contributed by atoms with E-state index in [0.717, 1.165) is 77.9 Å². The number of ketones is 2.